The van der Waals surface area contributed by atoms with Gasteiger partial charge in [0.05, 0.1) is 10.0 Å². The van der Waals surface area contributed by atoms with E-state index < -0.39 is 5.97 Å². The summed E-state index contributed by atoms with van der Waals surface area (Å²) < 4.78 is 0. The first-order valence-electron chi connectivity index (χ1n) is 14.4. The van der Waals surface area contributed by atoms with Crippen LogP contribution < -0.4 is 11.1 Å². The number of fused-ring (bicyclic) bond motifs is 2. The van der Waals surface area contributed by atoms with Gasteiger partial charge in [0.2, 0.25) is 0 Å². The monoisotopic (exact) mass is 664 g/mol. The zero-order chi connectivity index (χ0) is 33.8. The van der Waals surface area contributed by atoms with Gasteiger partial charge < -0.3 is 26.1 Å². The second-order valence-electron chi connectivity index (χ2n) is 9.79. The van der Waals surface area contributed by atoms with Gasteiger partial charge in [-0.1, -0.05) is 73.2 Å². The van der Waals surface area contributed by atoms with Crippen LogP contribution in [0.4, 0.5) is 11.4 Å². The molecule has 0 fully saturated rings. The molecule has 11 heteroatoms. The lowest BCUT2D eigenvalue weighted by Crippen LogP contribution is -2.08. The lowest BCUT2D eigenvalue weighted by Gasteiger charge is -2.06. The molecule has 2 aromatic carbocycles. The third kappa shape index (κ3) is 9.62. The number of carbonyl (C=O) groups excluding carboxylic acids is 1. The number of nitrogens with zero attached hydrogens (tertiary/aromatic N) is 2. The molecule has 0 aliphatic rings. The number of carboxylic acids is 1. The number of benzene rings is 2. The summed E-state index contributed by atoms with van der Waals surface area (Å²) in [5.41, 5.74) is 12.7. The second kappa shape index (κ2) is 16.5. The van der Waals surface area contributed by atoms with Crippen molar-refractivity contribution in [1.29, 1.82) is 0 Å². The Kier molecular flexibility index (Phi) is 12.0. The highest BCUT2D eigenvalue weighted by Gasteiger charge is 2.08. The van der Waals surface area contributed by atoms with E-state index >= 15 is 0 Å². The van der Waals surface area contributed by atoms with Crippen molar-refractivity contribution in [1.82, 2.24) is 19.9 Å². The number of nitrogens with two attached hydrogens (primary N) is 1. The number of hydrogen-bond donors (Lipinski definition) is 5. The van der Waals surface area contributed by atoms with Gasteiger partial charge in [-0.05, 0) is 53.4 Å². The SMILES string of the molecule is CCC#CC(=O)Nc1cccc(-c2cnc3[nH]cc(Cl)c3c2)c1.CCC#CC(=O)O.Nc1cccc(-c2cnc3[nH]cc(Cl)c3c2)c1. The molecule has 0 saturated carbocycles. The Labute approximate surface area is 281 Å². The fraction of sp³-hybridized carbons (Fsp3) is 0.111. The quantitative estimate of drug-likeness (QED) is 0.0951. The van der Waals surface area contributed by atoms with E-state index in [9.17, 15) is 9.59 Å². The molecule has 0 unspecified atom stereocenters. The van der Waals surface area contributed by atoms with Crippen LogP contribution in [0.5, 0.6) is 0 Å². The number of H-pyrrole nitrogens is 2. The average Bonchev–Trinajstić information content (AvgIpc) is 3.64. The van der Waals surface area contributed by atoms with Crippen LogP contribution in [-0.2, 0) is 9.59 Å². The largest absolute Gasteiger partial charge is 0.472 e. The number of anilines is 2. The van der Waals surface area contributed by atoms with E-state index in [4.69, 9.17) is 34.0 Å². The first-order valence-corrected chi connectivity index (χ1v) is 15.2. The molecule has 4 heterocycles. The summed E-state index contributed by atoms with van der Waals surface area (Å²) in [6.45, 7) is 3.70. The fourth-order valence-electron chi connectivity index (χ4n) is 4.25. The maximum absolute atomic E-state index is 11.7. The molecule has 6 aromatic rings. The summed E-state index contributed by atoms with van der Waals surface area (Å²) >= 11 is 12.2. The number of halogens is 2. The molecule has 0 bridgehead atoms. The molecule has 0 radical (unpaired) electrons. The van der Waals surface area contributed by atoms with Gasteiger partial charge in [-0.2, -0.15) is 0 Å². The summed E-state index contributed by atoms with van der Waals surface area (Å²) in [4.78, 5) is 36.0. The molecule has 9 nitrogen and oxygen atoms in total. The normalized spacial score (nSPS) is 9.87. The van der Waals surface area contributed by atoms with Crippen LogP contribution in [0.2, 0.25) is 10.0 Å². The molecule has 1 amide bonds. The Morgan fingerprint density at radius 1 is 0.787 bits per heavy atom. The Morgan fingerprint density at radius 2 is 1.32 bits per heavy atom. The van der Waals surface area contributed by atoms with Gasteiger partial charge in [-0.3, -0.25) is 4.79 Å². The second-order valence-corrected chi connectivity index (χ2v) is 10.6. The van der Waals surface area contributed by atoms with Gasteiger partial charge in [0.1, 0.15) is 11.3 Å². The van der Waals surface area contributed by atoms with E-state index in [0.717, 1.165) is 50.0 Å². The first kappa shape index (κ1) is 34.1. The maximum atomic E-state index is 11.7. The smallest absolute Gasteiger partial charge is 0.381 e. The molecule has 0 spiro atoms. The maximum Gasteiger partial charge on any atom is 0.381 e. The number of aromatic nitrogens is 4. The Hall–Kier alpha value is -5.74. The molecule has 0 aliphatic carbocycles. The Morgan fingerprint density at radius 3 is 1.83 bits per heavy atom. The predicted octanol–water partition coefficient (Wildman–Crippen LogP) is 8.19. The fourth-order valence-corrected chi connectivity index (χ4v) is 4.65. The Balaban J connectivity index is 0.000000182. The number of pyridine rings is 2. The minimum Gasteiger partial charge on any atom is -0.472 e. The number of nitrogen functional groups attached to an aromatic ring is 1. The number of carboxylic acid groups (broad SMARTS) is 1. The number of nitrogens with one attached hydrogen (secondary N) is 3. The van der Waals surface area contributed by atoms with Crippen molar-refractivity contribution in [3.05, 3.63) is 95.5 Å². The van der Waals surface area contributed by atoms with Crippen molar-refractivity contribution < 1.29 is 14.7 Å². The number of rotatable bonds is 3. The lowest BCUT2D eigenvalue weighted by molar-refractivity contribution is -0.130. The minimum absolute atomic E-state index is 0.314. The molecule has 0 saturated heterocycles. The van der Waals surface area contributed by atoms with Crippen LogP contribution >= 0.6 is 23.2 Å². The van der Waals surface area contributed by atoms with Crippen molar-refractivity contribution in [2.45, 2.75) is 26.7 Å². The molecular weight excluding hydrogens is 635 g/mol. The number of hydrogen-bond acceptors (Lipinski definition) is 5. The first-order chi connectivity index (χ1) is 22.7. The van der Waals surface area contributed by atoms with E-state index in [1.165, 1.54) is 0 Å². The summed E-state index contributed by atoms with van der Waals surface area (Å²) in [6.07, 6.45) is 8.29. The van der Waals surface area contributed by atoms with Gasteiger partial charge in [-0.15, -0.1) is 0 Å². The molecule has 4 aromatic heterocycles. The van der Waals surface area contributed by atoms with Gasteiger partial charge in [0, 0.05) is 76.8 Å². The summed E-state index contributed by atoms with van der Waals surface area (Å²) in [7, 11) is 0. The van der Waals surface area contributed by atoms with E-state index in [0.29, 0.717) is 28.6 Å². The number of amides is 1. The third-order valence-corrected chi connectivity index (χ3v) is 7.01. The standard InChI is InChI=1S/C18H14ClN3O.C13H10ClN3.C5H6O2/c1-2-3-7-17(23)22-14-6-4-5-12(8-14)13-9-15-16(19)11-21-18(15)20-10-13;14-12-7-17-13-11(12)5-9(6-16-13)8-2-1-3-10(15)4-8;1-2-3-4-5(6)7/h4-6,8-11H,2H2,1H3,(H,20,21)(H,22,23);1-7H,15H2,(H,16,17);2H2,1H3,(H,6,7). The van der Waals surface area contributed by atoms with Crippen molar-refractivity contribution in [3.8, 4) is 45.9 Å². The van der Waals surface area contributed by atoms with Crippen LogP contribution in [0, 0.1) is 23.7 Å². The van der Waals surface area contributed by atoms with Crippen LogP contribution in [0.3, 0.4) is 0 Å². The number of aliphatic carboxylic acids is 1. The molecule has 6 N–H and O–H groups in total. The lowest BCUT2D eigenvalue weighted by atomic mass is 10.1. The number of carbonyl (C=O) groups is 2. The van der Waals surface area contributed by atoms with Crippen LogP contribution in [-0.4, -0.2) is 36.9 Å². The van der Waals surface area contributed by atoms with Crippen molar-refractivity contribution in [3.63, 3.8) is 0 Å². The van der Waals surface area contributed by atoms with E-state index in [1.807, 2.05) is 79.7 Å². The molecule has 0 atom stereocenters. The van der Waals surface area contributed by atoms with Crippen molar-refractivity contribution in [2.24, 2.45) is 0 Å². The van der Waals surface area contributed by atoms with E-state index in [1.54, 1.807) is 25.5 Å². The summed E-state index contributed by atoms with van der Waals surface area (Å²) in [6, 6.07) is 19.2. The Bertz CT molecular complexity index is 2170. The van der Waals surface area contributed by atoms with Gasteiger partial charge in [-0.25, -0.2) is 14.8 Å². The molecule has 47 heavy (non-hydrogen) atoms. The highest BCUT2D eigenvalue weighted by molar-refractivity contribution is 6.35. The van der Waals surface area contributed by atoms with Crippen LogP contribution in [0.15, 0.2) is 85.5 Å². The van der Waals surface area contributed by atoms with Crippen molar-refractivity contribution >= 4 is 68.5 Å². The van der Waals surface area contributed by atoms with Crippen LogP contribution in [0.25, 0.3) is 44.3 Å². The molecule has 236 valence electrons. The minimum atomic E-state index is -1.05. The zero-order valence-corrected chi connectivity index (χ0v) is 27.0. The van der Waals surface area contributed by atoms with E-state index in [-0.39, 0.29) is 5.91 Å². The topological polar surface area (TPSA) is 150 Å². The highest BCUT2D eigenvalue weighted by Crippen LogP contribution is 2.29. The predicted molar refractivity (Wildman–Crippen MR) is 190 cm³/mol. The van der Waals surface area contributed by atoms with Crippen molar-refractivity contribution in [2.75, 3.05) is 11.1 Å². The third-order valence-electron chi connectivity index (χ3n) is 6.39. The number of aromatic amines is 2. The highest BCUT2D eigenvalue weighted by atomic mass is 35.5. The molecular formula is C36H30Cl2N6O3. The average molecular weight is 666 g/mol. The molecule has 6 rings (SSSR count). The summed E-state index contributed by atoms with van der Waals surface area (Å²) in [5.74, 6) is 8.27. The van der Waals surface area contributed by atoms with Gasteiger partial charge in [0.25, 0.3) is 5.91 Å². The van der Waals surface area contributed by atoms with Gasteiger partial charge in [0.15, 0.2) is 0 Å². The summed E-state index contributed by atoms with van der Waals surface area (Å²) in [5, 5.41) is 13.7. The van der Waals surface area contributed by atoms with Gasteiger partial charge >= 0.3 is 5.97 Å². The van der Waals surface area contributed by atoms with Crippen LogP contribution in [0.1, 0.15) is 26.7 Å². The zero-order valence-electron chi connectivity index (χ0n) is 25.5. The molecule has 0 aliphatic heterocycles. The van der Waals surface area contributed by atoms with E-state index in [2.05, 4.69) is 43.0 Å².